The van der Waals surface area contributed by atoms with Crippen LogP contribution in [-0.4, -0.2) is 4.98 Å². The lowest BCUT2D eigenvalue weighted by atomic mass is 9.89. The molecule has 0 spiro atoms. The lowest BCUT2D eigenvalue weighted by molar-refractivity contribution is 0.492. The van der Waals surface area contributed by atoms with E-state index in [2.05, 4.69) is 4.98 Å². The highest BCUT2D eigenvalue weighted by Gasteiger charge is 2.40. The summed E-state index contributed by atoms with van der Waals surface area (Å²) < 4.78 is 44.3. The molecule has 0 saturated heterocycles. The van der Waals surface area contributed by atoms with Crippen molar-refractivity contribution >= 4 is 16.7 Å². The minimum Gasteiger partial charge on any atom is -0.256 e. The monoisotopic (exact) mass is 434 g/mol. The van der Waals surface area contributed by atoms with Crippen molar-refractivity contribution in [1.29, 1.82) is 15.8 Å². The number of nitriles is 3. The largest absolute Gasteiger partial charge is 0.256 e. The molecule has 33 heavy (non-hydrogen) atoms. The van der Waals surface area contributed by atoms with Gasteiger partial charge in [-0.15, -0.1) is 0 Å². The van der Waals surface area contributed by atoms with Crippen LogP contribution in [0.1, 0.15) is 22.3 Å². The molecule has 0 unspecified atom stereocenters. The summed E-state index contributed by atoms with van der Waals surface area (Å²) in [6.07, 6.45) is 2.57. The predicted molar refractivity (Wildman–Crippen MR) is 114 cm³/mol. The number of rotatable bonds is 0. The van der Waals surface area contributed by atoms with E-state index in [1.807, 2.05) is 12.1 Å². The van der Waals surface area contributed by atoms with Crippen molar-refractivity contribution in [3.63, 3.8) is 0 Å². The molecule has 5 rings (SSSR count). The van der Waals surface area contributed by atoms with Crippen LogP contribution in [0.25, 0.3) is 28.0 Å². The van der Waals surface area contributed by atoms with E-state index in [4.69, 9.17) is 0 Å². The summed E-state index contributed by atoms with van der Waals surface area (Å²) in [6, 6.07) is 16.2. The number of fused-ring (bicyclic) bond motifs is 4. The maximum absolute atomic E-state index is 15.1. The number of allylic oxidation sites excluding steroid dienone is 5. The van der Waals surface area contributed by atoms with Gasteiger partial charge in [-0.25, -0.2) is 13.2 Å². The summed E-state index contributed by atoms with van der Waals surface area (Å²) in [4.78, 5) is 4.43. The fourth-order valence-corrected chi connectivity index (χ4v) is 4.48. The highest BCUT2D eigenvalue weighted by atomic mass is 19.2. The maximum atomic E-state index is 15.1. The molecule has 0 bridgehead atoms. The maximum Gasteiger partial charge on any atom is 0.167 e. The Bertz CT molecular complexity index is 1560. The average molecular weight is 434 g/mol. The van der Waals surface area contributed by atoms with E-state index in [1.54, 1.807) is 48.7 Å². The van der Waals surface area contributed by atoms with Crippen LogP contribution in [-0.2, 0) is 0 Å². The molecule has 154 valence electrons. The van der Waals surface area contributed by atoms with Gasteiger partial charge >= 0.3 is 0 Å². The number of hydrogen-bond donors (Lipinski definition) is 0. The number of nitrogens with zero attached hydrogens (tertiary/aromatic N) is 4. The van der Waals surface area contributed by atoms with E-state index in [9.17, 15) is 20.2 Å². The average Bonchev–Trinajstić information content (AvgIpc) is 3.32. The SMILES string of the molecule is N#CC=C1/C(=C2/c3ccccc3-c3ncccc32)C(=C(C#N)C#N)c2c(F)cc(F)c(F)c21. The van der Waals surface area contributed by atoms with Gasteiger partial charge in [-0.05, 0) is 11.6 Å². The molecule has 2 aliphatic carbocycles. The van der Waals surface area contributed by atoms with Gasteiger partial charge in [0, 0.05) is 62.9 Å². The van der Waals surface area contributed by atoms with Gasteiger partial charge in [0.05, 0.1) is 11.8 Å². The fourth-order valence-electron chi connectivity index (χ4n) is 4.48. The number of hydrogen-bond acceptors (Lipinski definition) is 4. The zero-order valence-electron chi connectivity index (χ0n) is 16.6. The first kappa shape index (κ1) is 20.0. The zero-order chi connectivity index (χ0) is 23.3. The first-order valence-corrected chi connectivity index (χ1v) is 9.66. The van der Waals surface area contributed by atoms with Crippen molar-refractivity contribution in [2.24, 2.45) is 0 Å². The number of benzene rings is 2. The molecule has 4 nitrogen and oxygen atoms in total. The summed E-state index contributed by atoms with van der Waals surface area (Å²) in [5.41, 5.74) is 1.43. The summed E-state index contributed by atoms with van der Waals surface area (Å²) >= 11 is 0. The van der Waals surface area contributed by atoms with Crippen molar-refractivity contribution in [3.8, 4) is 29.5 Å². The lowest BCUT2D eigenvalue weighted by Crippen LogP contribution is -1.98. The fraction of sp³-hybridized carbons (Fsp3) is 0. The molecule has 0 N–H and O–H groups in total. The van der Waals surface area contributed by atoms with Crippen LogP contribution in [0.15, 0.2) is 65.9 Å². The van der Waals surface area contributed by atoms with Crippen LogP contribution < -0.4 is 0 Å². The van der Waals surface area contributed by atoms with Crippen molar-refractivity contribution in [2.45, 2.75) is 0 Å². The third-order valence-electron chi connectivity index (χ3n) is 5.67. The third kappa shape index (κ3) is 2.65. The van der Waals surface area contributed by atoms with E-state index in [0.29, 0.717) is 28.5 Å². The molecule has 1 heterocycles. The number of aromatic nitrogens is 1. The normalized spacial score (nSPS) is 16.5. The molecule has 0 amide bonds. The van der Waals surface area contributed by atoms with E-state index >= 15 is 8.78 Å². The Labute approximate surface area is 186 Å². The molecular formula is C26H9F3N4. The molecular weight excluding hydrogens is 425 g/mol. The van der Waals surface area contributed by atoms with Gasteiger partial charge in [0.1, 0.15) is 23.5 Å². The van der Waals surface area contributed by atoms with Crippen LogP contribution in [0, 0.1) is 51.4 Å². The van der Waals surface area contributed by atoms with E-state index in [1.165, 1.54) is 0 Å². The Morgan fingerprint density at radius 3 is 2.21 bits per heavy atom. The van der Waals surface area contributed by atoms with Gasteiger partial charge in [-0.3, -0.25) is 4.98 Å². The summed E-state index contributed by atoms with van der Waals surface area (Å²) in [5.74, 6) is -3.95. The standard InChI is InChI=1S/C26H9F3N4/c27-18-10-19(28)25(29)23-16(7-8-30)22(20(24(18)23)13(11-31)12-32)21-14-4-1-2-5-15(14)26-17(21)6-3-9-33-26/h1-7,9-10H/b16-7?,22-21+. The molecule has 0 radical (unpaired) electrons. The first-order valence-electron chi connectivity index (χ1n) is 9.66. The van der Waals surface area contributed by atoms with Crippen molar-refractivity contribution in [3.05, 3.63) is 106 Å². The molecule has 2 aliphatic rings. The number of pyridine rings is 1. The van der Waals surface area contributed by atoms with Gasteiger partial charge in [0.15, 0.2) is 11.6 Å². The highest BCUT2D eigenvalue weighted by molar-refractivity contribution is 6.20. The second-order valence-corrected chi connectivity index (χ2v) is 7.26. The Balaban J connectivity index is 2.07. The van der Waals surface area contributed by atoms with Gasteiger partial charge in [-0.2, -0.15) is 15.8 Å². The van der Waals surface area contributed by atoms with Crippen molar-refractivity contribution < 1.29 is 13.2 Å². The molecule has 2 aromatic carbocycles. The topological polar surface area (TPSA) is 84.3 Å². The summed E-state index contributed by atoms with van der Waals surface area (Å²) in [5, 5.41) is 28.8. The second-order valence-electron chi connectivity index (χ2n) is 7.26. The second kappa shape index (κ2) is 7.34. The summed E-state index contributed by atoms with van der Waals surface area (Å²) in [7, 11) is 0. The summed E-state index contributed by atoms with van der Waals surface area (Å²) in [6.45, 7) is 0. The van der Waals surface area contributed by atoms with Crippen LogP contribution in [0.2, 0.25) is 0 Å². The molecule has 1 aromatic heterocycles. The molecule has 0 atom stereocenters. The van der Waals surface area contributed by atoms with E-state index in [-0.39, 0.29) is 16.7 Å². The van der Waals surface area contributed by atoms with Crippen LogP contribution >= 0.6 is 0 Å². The smallest absolute Gasteiger partial charge is 0.167 e. The number of halogens is 3. The Kier molecular flexibility index (Phi) is 4.45. The lowest BCUT2D eigenvalue weighted by Gasteiger charge is -2.12. The quantitative estimate of drug-likeness (QED) is 0.262. The molecule has 0 aliphatic heterocycles. The molecule has 0 fully saturated rings. The van der Waals surface area contributed by atoms with Crippen molar-refractivity contribution in [2.75, 3.05) is 0 Å². The van der Waals surface area contributed by atoms with Gasteiger partial charge < -0.3 is 0 Å². The van der Waals surface area contributed by atoms with Crippen LogP contribution in [0.5, 0.6) is 0 Å². The molecule has 3 aromatic rings. The van der Waals surface area contributed by atoms with Crippen LogP contribution in [0.3, 0.4) is 0 Å². The van der Waals surface area contributed by atoms with E-state index < -0.39 is 34.2 Å². The predicted octanol–water partition coefficient (Wildman–Crippen LogP) is 5.70. The van der Waals surface area contributed by atoms with Crippen molar-refractivity contribution in [1.82, 2.24) is 4.98 Å². The van der Waals surface area contributed by atoms with Gasteiger partial charge in [0.25, 0.3) is 0 Å². The molecule has 7 heteroatoms. The van der Waals surface area contributed by atoms with Gasteiger partial charge in [-0.1, -0.05) is 30.3 Å². The van der Waals surface area contributed by atoms with E-state index in [0.717, 1.165) is 11.6 Å². The first-order chi connectivity index (χ1) is 16.0. The Hall–Kier alpha value is -4.93. The highest BCUT2D eigenvalue weighted by Crippen LogP contribution is 2.56. The third-order valence-corrected chi connectivity index (χ3v) is 5.67. The Morgan fingerprint density at radius 1 is 0.818 bits per heavy atom. The minimum absolute atomic E-state index is 0.104. The Morgan fingerprint density at radius 2 is 1.52 bits per heavy atom. The van der Waals surface area contributed by atoms with Crippen LogP contribution in [0.4, 0.5) is 13.2 Å². The minimum atomic E-state index is -1.44. The zero-order valence-corrected chi connectivity index (χ0v) is 16.6. The molecule has 0 saturated carbocycles. The van der Waals surface area contributed by atoms with Gasteiger partial charge in [0.2, 0.25) is 0 Å².